The molecule has 0 bridgehead atoms. The molecular formula is C6H2F8. The quantitative estimate of drug-likeness (QED) is 0.454. The Morgan fingerprint density at radius 3 is 0.786 bits per heavy atom. The van der Waals surface area contributed by atoms with Crippen LogP contribution in [0.3, 0.4) is 0 Å². The first-order valence-corrected chi connectivity index (χ1v) is 2.62. The molecule has 0 aliphatic rings. The minimum absolute atomic E-state index is 1.83. The van der Waals surface area contributed by atoms with E-state index in [1.165, 1.54) is 0 Å². The van der Waals surface area contributed by atoms with Crippen LogP contribution in [0.2, 0.25) is 0 Å². The summed E-state index contributed by atoms with van der Waals surface area (Å²) in [5, 5.41) is 0. The van der Waals surface area contributed by atoms with E-state index in [-0.39, 0.29) is 0 Å². The summed E-state index contributed by atoms with van der Waals surface area (Å²) in [7, 11) is 0. The molecule has 0 aromatic heterocycles. The van der Waals surface area contributed by atoms with Crippen molar-refractivity contribution in [1.82, 2.24) is 0 Å². The van der Waals surface area contributed by atoms with E-state index in [0.717, 1.165) is 0 Å². The number of hydrogen-bond donors (Lipinski definition) is 0. The van der Waals surface area contributed by atoms with Crippen molar-refractivity contribution >= 4 is 0 Å². The van der Waals surface area contributed by atoms with Gasteiger partial charge in [-0.3, -0.25) is 0 Å². The molecule has 0 spiro atoms. The SMILES string of the molecule is C=C(F)F.FC(F)=C(F)C(F)=C(F)F. The Hall–Kier alpha value is -1.34. The van der Waals surface area contributed by atoms with Crippen molar-refractivity contribution in [2.75, 3.05) is 0 Å². The third kappa shape index (κ3) is 8.75. The Balaban J connectivity index is 0. The highest BCUT2D eigenvalue weighted by Gasteiger charge is 2.16. The van der Waals surface area contributed by atoms with E-state index in [0.29, 0.717) is 0 Å². The van der Waals surface area contributed by atoms with Crippen LogP contribution in [0.5, 0.6) is 0 Å². The molecule has 0 fully saturated rings. The van der Waals surface area contributed by atoms with E-state index in [1.54, 1.807) is 0 Å². The Morgan fingerprint density at radius 2 is 0.714 bits per heavy atom. The number of hydrogen-bond acceptors (Lipinski definition) is 0. The van der Waals surface area contributed by atoms with Crippen LogP contribution in [-0.2, 0) is 0 Å². The van der Waals surface area contributed by atoms with E-state index in [1.807, 2.05) is 0 Å². The summed E-state index contributed by atoms with van der Waals surface area (Å²) in [5.41, 5.74) is 0. The van der Waals surface area contributed by atoms with Crippen LogP contribution < -0.4 is 0 Å². The Morgan fingerprint density at radius 1 is 0.571 bits per heavy atom. The molecular weight excluding hydrogens is 224 g/mol. The minimum atomic E-state index is -3.11. The number of halogens is 8. The fourth-order valence-corrected chi connectivity index (χ4v) is 0.166. The second-order valence-corrected chi connectivity index (χ2v) is 1.49. The van der Waals surface area contributed by atoms with Crippen LogP contribution >= 0.6 is 0 Å². The molecule has 0 aromatic carbocycles. The van der Waals surface area contributed by atoms with Gasteiger partial charge in [0.2, 0.25) is 11.7 Å². The molecule has 0 nitrogen and oxygen atoms in total. The van der Waals surface area contributed by atoms with Gasteiger partial charge in [-0.1, -0.05) is 0 Å². The van der Waals surface area contributed by atoms with E-state index in [2.05, 4.69) is 6.58 Å². The lowest BCUT2D eigenvalue weighted by Crippen LogP contribution is -1.78. The van der Waals surface area contributed by atoms with Gasteiger partial charge in [0.05, 0.1) is 0 Å². The van der Waals surface area contributed by atoms with E-state index in [4.69, 9.17) is 0 Å². The van der Waals surface area contributed by atoms with Crippen LogP contribution in [0.4, 0.5) is 35.1 Å². The van der Waals surface area contributed by atoms with Crippen molar-refractivity contribution in [2.45, 2.75) is 0 Å². The lowest BCUT2D eigenvalue weighted by Gasteiger charge is -1.87. The first kappa shape index (κ1) is 15.1. The molecule has 0 radical (unpaired) electrons. The fraction of sp³-hybridized carbons (Fsp3) is 0. The Bertz CT molecular complexity index is 229. The topological polar surface area (TPSA) is 0 Å². The normalized spacial score (nSPS) is 8.29. The maximum absolute atomic E-state index is 11.4. The third-order valence-electron chi connectivity index (χ3n) is 0.525. The molecule has 14 heavy (non-hydrogen) atoms. The van der Waals surface area contributed by atoms with Crippen LogP contribution in [0.15, 0.2) is 36.5 Å². The van der Waals surface area contributed by atoms with Gasteiger partial charge in [0.25, 0.3) is 6.08 Å². The van der Waals surface area contributed by atoms with Crippen molar-refractivity contribution in [2.24, 2.45) is 0 Å². The van der Waals surface area contributed by atoms with Gasteiger partial charge in [-0.05, 0) is 6.58 Å². The zero-order chi connectivity index (χ0) is 11.9. The van der Waals surface area contributed by atoms with Crippen LogP contribution in [0.1, 0.15) is 0 Å². The summed E-state index contributed by atoms with van der Waals surface area (Å²) in [5.74, 6) is -5.64. The monoisotopic (exact) mass is 226 g/mol. The molecule has 0 N–H and O–H groups in total. The largest absolute Gasteiger partial charge is 0.308 e. The maximum atomic E-state index is 11.4. The third-order valence-corrected chi connectivity index (χ3v) is 0.525. The van der Waals surface area contributed by atoms with Crippen molar-refractivity contribution in [1.29, 1.82) is 0 Å². The molecule has 0 amide bonds. The summed E-state index contributed by atoms with van der Waals surface area (Å²) >= 11 is 0. The summed E-state index contributed by atoms with van der Waals surface area (Å²) in [6, 6.07) is 0. The molecule has 0 rings (SSSR count). The zero-order valence-corrected chi connectivity index (χ0v) is 6.23. The highest BCUT2D eigenvalue weighted by molar-refractivity contribution is 5.19. The van der Waals surface area contributed by atoms with E-state index >= 15 is 0 Å². The second-order valence-electron chi connectivity index (χ2n) is 1.49. The summed E-state index contributed by atoms with van der Waals surface area (Å²) in [6.07, 6.45) is -8.05. The number of allylic oxidation sites excluding steroid dienone is 2. The molecule has 8 heteroatoms. The molecule has 0 unspecified atom stereocenters. The first-order chi connectivity index (χ1) is 6.20. The summed E-state index contributed by atoms with van der Waals surface area (Å²) < 4.78 is 86.8. The standard InChI is InChI=1S/C4F6.C2H2F2/c5-1(3(7)8)2(6)4(9)10;1-2(3)4/h;1H2. The Labute approximate surface area is 72.8 Å². The zero-order valence-electron chi connectivity index (χ0n) is 6.23. The van der Waals surface area contributed by atoms with Crippen molar-refractivity contribution in [3.63, 3.8) is 0 Å². The van der Waals surface area contributed by atoms with Crippen LogP contribution in [-0.4, -0.2) is 0 Å². The van der Waals surface area contributed by atoms with Gasteiger partial charge in [-0.15, -0.1) is 0 Å². The summed E-state index contributed by atoms with van der Waals surface area (Å²) in [4.78, 5) is 0. The minimum Gasteiger partial charge on any atom is -0.198 e. The van der Waals surface area contributed by atoms with Gasteiger partial charge in [-0.2, -0.15) is 35.1 Å². The molecule has 0 aliphatic carbocycles. The van der Waals surface area contributed by atoms with Crippen LogP contribution in [0, 0.1) is 0 Å². The number of rotatable bonds is 1. The lowest BCUT2D eigenvalue weighted by atomic mass is 10.5. The average molecular weight is 226 g/mol. The second kappa shape index (κ2) is 7.10. The van der Waals surface area contributed by atoms with Crippen molar-refractivity contribution < 1.29 is 35.1 Å². The first-order valence-electron chi connectivity index (χ1n) is 2.62. The van der Waals surface area contributed by atoms with E-state index in [9.17, 15) is 35.1 Å². The highest BCUT2D eigenvalue weighted by atomic mass is 19.3. The predicted molar refractivity (Wildman–Crippen MR) is 32.1 cm³/mol. The molecule has 0 saturated heterocycles. The van der Waals surface area contributed by atoms with Gasteiger partial charge in [0.15, 0.2) is 0 Å². The van der Waals surface area contributed by atoms with Gasteiger partial charge < -0.3 is 0 Å². The molecule has 0 aliphatic heterocycles. The van der Waals surface area contributed by atoms with Gasteiger partial charge >= 0.3 is 12.2 Å². The van der Waals surface area contributed by atoms with E-state index < -0.39 is 29.9 Å². The van der Waals surface area contributed by atoms with Crippen molar-refractivity contribution in [3.8, 4) is 0 Å². The highest BCUT2D eigenvalue weighted by Crippen LogP contribution is 2.23. The molecule has 0 saturated carbocycles. The van der Waals surface area contributed by atoms with Crippen LogP contribution in [0.25, 0.3) is 0 Å². The smallest absolute Gasteiger partial charge is 0.198 e. The predicted octanol–water partition coefficient (Wildman–Crippen LogP) is 4.54. The average Bonchev–Trinajstić information content (AvgIpc) is 2.00. The molecule has 0 aromatic rings. The lowest BCUT2D eigenvalue weighted by molar-refractivity contribution is 0.340. The maximum Gasteiger partial charge on any atom is 0.308 e. The molecule has 0 heterocycles. The Kier molecular flexibility index (Phi) is 7.68. The van der Waals surface area contributed by atoms with Gasteiger partial charge in [-0.25, -0.2) is 0 Å². The van der Waals surface area contributed by atoms with Gasteiger partial charge in [0.1, 0.15) is 0 Å². The van der Waals surface area contributed by atoms with Crippen molar-refractivity contribution in [3.05, 3.63) is 36.5 Å². The molecule has 0 atom stereocenters. The van der Waals surface area contributed by atoms with Gasteiger partial charge in [0, 0.05) is 0 Å². The molecule has 82 valence electrons. The summed E-state index contributed by atoms with van der Waals surface area (Å²) in [6.45, 7) is 2.22. The fourth-order valence-electron chi connectivity index (χ4n) is 0.166.